The van der Waals surface area contributed by atoms with E-state index < -0.39 is 4.92 Å². The Balaban J connectivity index is 2.16. The van der Waals surface area contributed by atoms with Crippen molar-refractivity contribution in [1.82, 2.24) is 0 Å². The summed E-state index contributed by atoms with van der Waals surface area (Å²) in [6, 6.07) is 4.48. The molecular weight excluding hydrogens is 270 g/mol. The summed E-state index contributed by atoms with van der Waals surface area (Å²) in [5, 5.41) is 11.1. The molecule has 3 atom stereocenters. The monoisotopic (exact) mass is 291 g/mol. The van der Waals surface area contributed by atoms with Crippen molar-refractivity contribution in [3.63, 3.8) is 0 Å². The molecule has 21 heavy (non-hydrogen) atoms. The van der Waals surface area contributed by atoms with Gasteiger partial charge in [-0.15, -0.1) is 0 Å². The minimum absolute atomic E-state index is 0.0963. The SMILES string of the molecule is CC(=O)c1ccc(OC2CCC(C)C(C)C2)cc1[N+](=O)[O-]. The molecule has 1 aromatic carbocycles. The summed E-state index contributed by atoms with van der Waals surface area (Å²) in [6.07, 6.45) is 3.13. The Hall–Kier alpha value is -1.91. The fourth-order valence-electron chi connectivity index (χ4n) is 2.83. The highest BCUT2D eigenvalue weighted by Gasteiger charge is 2.26. The van der Waals surface area contributed by atoms with Gasteiger partial charge in [-0.3, -0.25) is 14.9 Å². The van der Waals surface area contributed by atoms with E-state index in [0.717, 1.165) is 19.3 Å². The van der Waals surface area contributed by atoms with E-state index >= 15 is 0 Å². The Morgan fingerprint density at radius 1 is 1.29 bits per heavy atom. The fraction of sp³-hybridized carbons (Fsp3) is 0.562. The highest BCUT2D eigenvalue weighted by molar-refractivity contribution is 5.98. The van der Waals surface area contributed by atoms with E-state index in [4.69, 9.17) is 4.74 Å². The molecule has 0 amide bonds. The fourth-order valence-corrected chi connectivity index (χ4v) is 2.83. The summed E-state index contributed by atoms with van der Waals surface area (Å²) in [5.41, 5.74) is -0.0600. The molecule has 5 heteroatoms. The number of benzene rings is 1. The van der Waals surface area contributed by atoms with E-state index in [1.54, 1.807) is 6.07 Å². The maximum Gasteiger partial charge on any atom is 0.283 e. The molecule has 5 nitrogen and oxygen atoms in total. The van der Waals surface area contributed by atoms with Crippen LogP contribution in [0.2, 0.25) is 0 Å². The third-order valence-electron chi connectivity index (χ3n) is 4.40. The van der Waals surface area contributed by atoms with Gasteiger partial charge in [0.1, 0.15) is 5.75 Å². The number of nitrogens with zero attached hydrogens (tertiary/aromatic N) is 1. The van der Waals surface area contributed by atoms with Crippen LogP contribution in [0.5, 0.6) is 5.75 Å². The van der Waals surface area contributed by atoms with E-state index in [9.17, 15) is 14.9 Å². The van der Waals surface area contributed by atoms with Crippen LogP contribution in [-0.2, 0) is 0 Å². The molecule has 0 aromatic heterocycles. The number of ketones is 1. The second kappa shape index (κ2) is 6.24. The molecule has 1 aliphatic rings. The van der Waals surface area contributed by atoms with Gasteiger partial charge in [0, 0.05) is 0 Å². The van der Waals surface area contributed by atoms with Gasteiger partial charge in [0.05, 0.1) is 22.7 Å². The molecule has 0 heterocycles. The van der Waals surface area contributed by atoms with E-state index in [1.165, 1.54) is 19.1 Å². The molecule has 1 fully saturated rings. The number of carbonyl (C=O) groups is 1. The summed E-state index contributed by atoms with van der Waals surface area (Å²) in [6.45, 7) is 5.78. The van der Waals surface area contributed by atoms with Gasteiger partial charge < -0.3 is 4.74 Å². The smallest absolute Gasteiger partial charge is 0.283 e. The zero-order valence-corrected chi connectivity index (χ0v) is 12.7. The first-order valence-corrected chi connectivity index (χ1v) is 7.34. The lowest BCUT2D eigenvalue weighted by Gasteiger charge is -2.32. The van der Waals surface area contributed by atoms with Crippen LogP contribution < -0.4 is 4.74 Å². The third-order valence-corrected chi connectivity index (χ3v) is 4.40. The van der Waals surface area contributed by atoms with Gasteiger partial charge in [0.15, 0.2) is 5.78 Å². The van der Waals surface area contributed by atoms with E-state index in [2.05, 4.69) is 13.8 Å². The Morgan fingerprint density at radius 3 is 2.57 bits per heavy atom. The lowest BCUT2D eigenvalue weighted by molar-refractivity contribution is -0.385. The highest BCUT2D eigenvalue weighted by atomic mass is 16.6. The predicted octanol–water partition coefficient (Wildman–Crippen LogP) is 4.00. The molecule has 0 radical (unpaired) electrons. The predicted molar refractivity (Wildman–Crippen MR) is 79.7 cm³/mol. The average Bonchev–Trinajstić information content (AvgIpc) is 2.42. The van der Waals surface area contributed by atoms with Crippen molar-refractivity contribution in [3.8, 4) is 5.75 Å². The maximum atomic E-state index is 11.4. The molecule has 2 rings (SSSR count). The van der Waals surface area contributed by atoms with E-state index in [1.807, 2.05) is 0 Å². The molecule has 0 spiro atoms. The van der Waals surface area contributed by atoms with Gasteiger partial charge >= 0.3 is 0 Å². The quantitative estimate of drug-likeness (QED) is 0.477. The van der Waals surface area contributed by atoms with Gasteiger partial charge in [-0.2, -0.15) is 0 Å². The lowest BCUT2D eigenvalue weighted by Crippen LogP contribution is -2.28. The van der Waals surface area contributed by atoms with Gasteiger partial charge in [0.2, 0.25) is 0 Å². The van der Waals surface area contributed by atoms with Crippen molar-refractivity contribution in [2.75, 3.05) is 0 Å². The average molecular weight is 291 g/mol. The number of Topliss-reactive ketones (excluding diaryl/α,β-unsaturated/α-hetero) is 1. The standard InChI is InChI=1S/C16H21NO4/c1-10-4-5-13(8-11(10)2)21-14-6-7-15(12(3)18)16(9-14)17(19)20/h6-7,9-11,13H,4-5,8H2,1-3H3. The molecule has 114 valence electrons. The Labute approximate surface area is 124 Å². The van der Waals surface area contributed by atoms with Gasteiger partial charge in [-0.25, -0.2) is 0 Å². The highest BCUT2D eigenvalue weighted by Crippen LogP contribution is 2.33. The van der Waals surface area contributed by atoms with Crippen LogP contribution in [-0.4, -0.2) is 16.8 Å². The van der Waals surface area contributed by atoms with Gasteiger partial charge in [0.25, 0.3) is 5.69 Å². The first kappa shape index (κ1) is 15.5. The van der Waals surface area contributed by atoms with Crippen LogP contribution in [0.3, 0.4) is 0 Å². The molecule has 1 aliphatic carbocycles. The third kappa shape index (κ3) is 3.60. The van der Waals surface area contributed by atoms with Crippen LogP contribution >= 0.6 is 0 Å². The lowest BCUT2D eigenvalue weighted by atomic mass is 9.80. The molecule has 1 aromatic rings. The molecule has 0 N–H and O–H groups in total. The number of hydrogen-bond acceptors (Lipinski definition) is 4. The summed E-state index contributed by atoms with van der Waals surface area (Å²) in [5.74, 6) is 1.45. The topological polar surface area (TPSA) is 69.4 Å². The molecule has 0 saturated heterocycles. The first-order chi connectivity index (χ1) is 9.88. The zero-order valence-electron chi connectivity index (χ0n) is 12.7. The number of carbonyl (C=O) groups excluding carboxylic acids is 1. The summed E-state index contributed by atoms with van der Waals surface area (Å²) < 4.78 is 5.88. The van der Waals surface area contributed by atoms with Crippen molar-refractivity contribution in [1.29, 1.82) is 0 Å². The minimum atomic E-state index is -0.533. The largest absolute Gasteiger partial charge is 0.490 e. The van der Waals surface area contributed by atoms with Crippen molar-refractivity contribution in [2.45, 2.75) is 46.1 Å². The van der Waals surface area contributed by atoms with Crippen molar-refractivity contribution in [3.05, 3.63) is 33.9 Å². The van der Waals surface area contributed by atoms with Crippen LogP contribution in [0, 0.1) is 22.0 Å². The Bertz CT molecular complexity index is 555. The Morgan fingerprint density at radius 2 is 2.00 bits per heavy atom. The van der Waals surface area contributed by atoms with Crippen LogP contribution in [0.15, 0.2) is 18.2 Å². The molecule has 3 unspecified atom stereocenters. The summed E-state index contributed by atoms with van der Waals surface area (Å²) in [7, 11) is 0. The van der Waals surface area contributed by atoms with Gasteiger partial charge in [-0.1, -0.05) is 13.8 Å². The first-order valence-electron chi connectivity index (χ1n) is 7.34. The van der Waals surface area contributed by atoms with Crippen molar-refractivity contribution >= 4 is 11.5 Å². The van der Waals surface area contributed by atoms with Crippen molar-refractivity contribution < 1.29 is 14.5 Å². The molecule has 1 saturated carbocycles. The molecular formula is C16H21NO4. The number of ether oxygens (including phenoxy) is 1. The zero-order chi connectivity index (χ0) is 15.6. The Kier molecular flexibility index (Phi) is 4.60. The number of nitro groups is 1. The van der Waals surface area contributed by atoms with Crippen LogP contribution in [0.1, 0.15) is 50.4 Å². The number of hydrogen-bond donors (Lipinski definition) is 0. The van der Waals surface area contributed by atoms with E-state index in [0.29, 0.717) is 17.6 Å². The normalized spacial score (nSPS) is 25.4. The van der Waals surface area contributed by atoms with Crippen molar-refractivity contribution in [2.24, 2.45) is 11.8 Å². The number of rotatable bonds is 4. The van der Waals surface area contributed by atoms with Crippen LogP contribution in [0.25, 0.3) is 0 Å². The van der Waals surface area contributed by atoms with Crippen LogP contribution in [0.4, 0.5) is 5.69 Å². The number of nitro benzene ring substituents is 1. The summed E-state index contributed by atoms with van der Waals surface area (Å²) >= 11 is 0. The molecule has 0 bridgehead atoms. The second-order valence-electron chi connectivity index (χ2n) is 6.00. The van der Waals surface area contributed by atoms with E-state index in [-0.39, 0.29) is 23.1 Å². The van der Waals surface area contributed by atoms with Gasteiger partial charge in [-0.05, 0) is 50.2 Å². The second-order valence-corrected chi connectivity index (χ2v) is 6.00. The minimum Gasteiger partial charge on any atom is -0.490 e. The maximum absolute atomic E-state index is 11.4. The summed E-state index contributed by atoms with van der Waals surface area (Å²) in [4.78, 5) is 21.9. The molecule has 0 aliphatic heterocycles.